The molecule has 4 unspecified atom stereocenters. The number of hydrogen-bond donors (Lipinski definition) is 2. The van der Waals surface area contributed by atoms with Crippen LogP contribution in [0.5, 0.6) is 0 Å². The Balaban J connectivity index is 1.62. The number of fused-ring (bicyclic) bond motifs is 5. The number of pyridine rings is 1. The zero-order valence-corrected chi connectivity index (χ0v) is 20.0. The third kappa shape index (κ3) is 3.93. The van der Waals surface area contributed by atoms with Crippen LogP contribution in [0.4, 0.5) is 13.2 Å². The van der Waals surface area contributed by atoms with Crippen molar-refractivity contribution in [3.05, 3.63) is 68.9 Å². The summed E-state index contributed by atoms with van der Waals surface area (Å²) in [6.45, 7) is 1.30. The second-order valence-corrected chi connectivity index (χ2v) is 9.73. The standard InChI is InChI=1S/C24H25F3N4O6/c1-12-3-4-23(20-10-29(12)22(34)18-7-19(32)15(21(28)33)8-30(18)20)11-24(35,36-2)31(37-23)9-14-16(26)5-13(25)6-17(14)27/h5-8,12,20,35H,3-4,9-11H2,1-2H3,(H2,28,33). The SMILES string of the molecule is COC1(O)CC2(CCC(C)N3CC2n2cc(C(N)=O)c(=O)cc2C3=O)ON1Cc1c(F)cc(F)cc1F. The fourth-order valence-electron chi connectivity index (χ4n) is 5.55. The molecule has 3 aliphatic heterocycles. The predicted molar refractivity (Wildman–Crippen MR) is 120 cm³/mol. The predicted octanol–water partition coefficient (Wildman–Crippen LogP) is 1.41. The van der Waals surface area contributed by atoms with Gasteiger partial charge in [0.1, 0.15) is 34.3 Å². The van der Waals surface area contributed by atoms with Gasteiger partial charge in [-0.1, -0.05) is 0 Å². The molecular formula is C24H25F3N4O6. The zero-order valence-electron chi connectivity index (χ0n) is 20.0. The highest BCUT2D eigenvalue weighted by molar-refractivity contribution is 5.96. The molecule has 3 N–H and O–H groups in total. The van der Waals surface area contributed by atoms with Crippen LogP contribution < -0.4 is 11.2 Å². The Bertz CT molecular complexity index is 1350. The Morgan fingerprint density at radius 1 is 1.24 bits per heavy atom. The maximum absolute atomic E-state index is 14.5. The summed E-state index contributed by atoms with van der Waals surface area (Å²) in [5, 5.41) is 12.3. The second-order valence-electron chi connectivity index (χ2n) is 9.73. The Morgan fingerprint density at radius 3 is 2.54 bits per heavy atom. The molecule has 2 saturated heterocycles. The van der Waals surface area contributed by atoms with Crippen molar-refractivity contribution < 1.29 is 37.4 Å². The summed E-state index contributed by atoms with van der Waals surface area (Å²) in [4.78, 5) is 45.5. The highest BCUT2D eigenvalue weighted by Gasteiger charge is 2.61. The number of nitrogens with two attached hydrogens (primary N) is 1. The molecule has 0 aliphatic carbocycles. The van der Waals surface area contributed by atoms with Crippen molar-refractivity contribution in [3.63, 3.8) is 0 Å². The van der Waals surface area contributed by atoms with Gasteiger partial charge in [-0.3, -0.25) is 19.2 Å². The van der Waals surface area contributed by atoms with Gasteiger partial charge >= 0.3 is 0 Å². The minimum Gasteiger partial charge on any atom is -0.365 e. The first-order valence-electron chi connectivity index (χ1n) is 11.6. The quantitative estimate of drug-likeness (QED) is 0.582. The lowest BCUT2D eigenvalue weighted by Gasteiger charge is -2.42. The molecule has 4 heterocycles. The maximum Gasteiger partial charge on any atom is 0.270 e. The number of rotatable bonds is 4. The molecule has 3 aliphatic rings. The van der Waals surface area contributed by atoms with Crippen molar-refractivity contribution in [2.45, 2.75) is 56.3 Å². The van der Waals surface area contributed by atoms with Crippen molar-refractivity contribution in [1.29, 1.82) is 0 Å². The summed E-state index contributed by atoms with van der Waals surface area (Å²) in [5.41, 5.74) is 2.51. The van der Waals surface area contributed by atoms with E-state index >= 15 is 0 Å². The number of aromatic nitrogens is 1. The molecule has 0 radical (unpaired) electrons. The lowest BCUT2D eigenvalue weighted by atomic mass is 9.84. The van der Waals surface area contributed by atoms with Gasteiger partial charge in [0.25, 0.3) is 17.7 Å². The zero-order chi connectivity index (χ0) is 26.9. The molecular weight excluding hydrogens is 497 g/mol. The van der Waals surface area contributed by atoms with E-state index in [9.17, 15) is 32.7 Å². The monoisotopic (exact) mass is 522 g/mol. The molecule has 5 rings (SSSR count). The molecule has 4 atom stereocenters. The molecule has 13 heteroatoms. The number of nitrogens with zero attached hydrogens (tertiary/aromatic N) is 3. The van der Waals surface area contributed by atoms with Gasteiger partial charge in [-0.15, -0.1) is 5.06 Å². The summed E-state index contributed by atoms with van der Waals surface area (Å²) < 4.78 is 49.2. The molecule has 0 saturated carbocycles. The number of hydrogen-bond acceptors (Lipinski definition) is 7. The van der Waals surface area contributed by atoms with Gasteiger partial charge in [0.05, 0.1) is 19.0 Å². The van der Waals surface area contributed by atoms with Gasteiger partial charge in [0.2, 0.25) is 0 Å². The summed E-state index contributed by atoms with van der Waals surface area (Å²) in [7, 11) is 1.19. The smallest absolute Gasteiger partial charge is 0.270 e. The van der Waals surface area contributed by atoms with Crippen molar-refractivity contribution >= 4 is 11.8 Å². The van der Waals surface area contributed by atoms with Gasteiger partial charge in [-0.05, 0) is 19.8 Å². The average Bonchev–Trinajstić information content (AvgIpc) is 3.05. The molecule has 1 aromatic carbocycles. The first-order valence-corrected chi connectivity index (χ1v) is 11.6. The Kier molecular flexibility index (Phi) is 5.94. The number of amides is 2. The normalized spacial score (nSPS) is 29.5. The molecule has 1 aromatic heterocycles. The number of aliphatic hydroxyl groups is 1. The summed E-state index contributed by atoms with van der Waals surface area (Å²) in [5.74, 6) is -6.98. The molecule has 198 valence electrons. The van der Waals surface area contributed by atoms with Gasteiger partial charge < -0.3 is 25.0 Å². The number of ether oxygens (including phenoxy) is 1. The van der Waals surface area contributed by atoms with Crippen molar-refractivity contribution in [3.8, 4) is 0 Å². The summed E-state index contributed by atoms with van der Waals surface area (Å²) in [6.07, 6.45) is 1.69. The number of carbonyl (C=O) groups is 2. The van der Waals surface area contributed by atoms with E-state index in [2.05, 4.69) is 0 Å². The molecule has 2 aromatic rings. The van der Waals surface area contributed by atoms with Crippen LogP contribution in [0.1, 0.15) is 58.6 Å². The van der Waals surface area contributed by atoms with Crippen LogP contribution in [-0.2, 0) is 16.1 Å². The van der Waals surface area contributed by atoms with Crippen LogP contribution in [0, 0.1) is 17.5 Å². The van der Waals surface area contributed by atoms with Crippen molar-refractivity contribution in [1.82, 2.24) is 14.5 Å². The number of halogens is 3. The minimum atomic E-state index is -2.15. The molecule has 2 amide bonds. The van der Waals surface area contributed by atoms with Gasteiger partial charge in [-0.25, -0.2) is 13.2 Å². The van der Waals surface area contributed by atoms with E-state index in [1.54, 1.807) is 4.90 Å². The van der Waals surface area contributed by atoms with E-state index in [1.165, 1.54) is 17.9 Å². The topological polar surface area (TPSA) is 127 Å². The third-order valence-corrected chi connectivity index (χ3v) is 7.60. The van der Waals surface area contributed by atoms with E-state index in [0.29, 0.717) is 18.6 Å². The van der Waals surface area contributed by atoms with E-state index in [0.717, 1.165) is 11.1 Å². The summed E-state index contributed by atoms with van der Waals surface area (Å²) >= 11 is 0. The third-order valence-electron chi connectivity index (χ3n) is 7.60. The van der Waals surface area contributed by atoms with Crippen LogP contribution in [0.3, 0.4) is 0 Å². The first-order chi connectivity index (χ1) is 17.4. The molecule has 1 spiro atoms. The summed E-state index contributed by atoms with van der Waals surface area (Å²) in [6, 6.07) is 1.08. The molecule has 10 nitrogen and oxygen atoms in total. The van der Waals surface area contributed by atoms with E-state index in [4.69, 9.17) is 15.3 Å². The Morgan fingerprint density at radius 2 is 1.92 bits per heavy atom. The van der Waals surface area contributed by atoms with Gasteiger partial charge in [0, 0.05) is 49.7 Å². The number of methoxy groups -OCH3 is 1. The van der Waals surface area contributed by atoms with E-state index in [-0.39, 0.29) is 36.7 Å². The van der Waals surface area contributed by atoms with Crippen molar-refractivity contribution in [2.75, 3.05) is 13.7 Å². The van der Waals surface area contributed by atoms with E-state index in [1.807, 2.05) is 6.92 Å². The fourth-order valence-corrected chi connectivity index (χ4v) is 5.55. The highest BCUT2D eigenvalue weighted by Crippen LogP contribution is 2.51. The number of carbonyl (C=O) groups excluding carboxylic acids is 2. The van der Waals surface area contributed by atoms with Gasteiger partial charge in [0.15, 0.2) is 5.43 Å². The lowest BCUT2D eigenvalue weighted by Crippen LogP contribution is -2.52. The van der Waals surface area contributed by atoms with Gasteiger partial charge in [-0.2, -0.15) is 0 Å². The van der Waals surface area contributed by atoms with Crippen LogP contribution >= 0.6 is 0 Å². The average molecular weight is 522 g/mol. The number of benzene rings is 1. The van der Waals surface area contributed by atoms with Crippen LogP contribution in [0.15, 0.2) is 29.2 Å². The fraction of sp³-hybridized carbons (Fsp3) is 0.458. The molecule has 2 bridgehead atoms. The Labute approximate surface area is 208 Å². The first kappa shape index (κ1) is 25.4. The molecule has 2 fully saturated rings. The number of primary amides is 1. The Hall–Kier alpha value is -3.26. The number of hydroxylamine groups is 2. The van der Waals surface area contributed by atoms with Crippen LogP contribution in [-0.4, -0.2) is 62.7 Å². The molecule has 37 heavy (non-hydrogen) atoms. The van der Waals surface area contributed by atoms with Crippen LogP contribution in [0.25, 0.3) is 0 Å². The second kappa shape index (κ2) is 8.65. The largest absolute Gasteiger partial charge is 0.365 e. The van der Waals surface area contributed by atoms with Crippen molar-refractivity contribution in [2.24, 2.45) is 5.73 Å². The minimum absolute atomic E-state index is 0.0120. The van der Waals surface area contributed by atoms with E-state index < -0.39 is 64.4 Å². The maximum atomic E-state index is 14.5. The van der Waals surface area contributed by atoms with Crippen LogP contribution in [0.2, 0.25) is 0 Å². The highest BCUT2D eigenvalue weighted by atomic mass is 19.1. The lowest BCUT2D eigenvalue weighted by molar-refractivity contribution is -0.357.